The summed E-state index contributed by atoms with van der Waals surface area (Å²) < 4.78 is 77.7. The maximum absolute atomic E-state index is 10.1. The molecule has 0 atom stereocenters. The zero-order valence-electron chi connectivity index (χ0n) is 40.5. The number of benzene rings is 10. The van der Waals surface area contributed by atoms with Crippen LogP contribution >= 0.6 is 0 Å². The first-order valence-electron chi connectivity index (χ1n) is 24.1. The summed E-state index contributed by atoms with van der Waals surface area (Å²) in [5.74, 6) is 0. The zero-order chi connectivity index (χ0) is 46.8. The maximum atomic E-state index is 10.1. The van der Waals surface area contributed by atoms with Gasteiger partial charge in [0.25, 0.3) is 0 Å². The minimum atomic E-state index is -0.869. The topological polar surface area (TPSA) is 3.24 Å². The van der Waals surface area contributed by atoms with Crippen LogP contribution < -0.4 is 4.90 Å². The van der Waals surface area contributed by atoms with Gasteiger partial charge in [0.1, 0.15) is 0 Å². The van der Waals surface area contributed by atoms with Gasteiger partial charge in [-0.3, -0.25) is 0 Å². The fourth-order valence-electron chi connectivity index (χ4n) is 9.01. The normalized spacial score (nSPS) is 14.3. The number of fused-ring (bicyclic) bond motifs is 4. The molecule has 1 aliphatic carbocycles. The summed E-state index contributed by atoms with van der Waals surface area (Å²) >= 11 is 0. The van der Waals surface area contributed by atoms with E-state index >= 15 is 0 Å². The molecule has 0 saturated carbocycles. The summed E-state index contributed by atoms with van der Waals surface area (Å²) in [5.41, 5.74) is 8.08. The lowest BCUT2D eigenvalue weighted by Gasteiger charge is -2.35. The molecule has 1 aliphatic rings. The largest absolute Gasteiger partial charge is 0.310 e. The minimum absolute atomic E-state index is 0.106. The monoisotopic (exact) mass is 771 g/mol. The van der Waals surface area contributed by atoms with E-state index in [0.717, 1.165) is 55.3 Å². The Morgan fingerprint density at radius 1 is 0.350 bits per heavy atom. The van der Waals surface area contributed by atoms with Crippen molar-refractivity contribution in [2.75, 3.05) is 4.90 Å². The van der Waals surface area contributed by atoms with Crippen molar-refractivity contribution in [2.45, 2.75) is 5.41 Å². The van der Waals surface area contributed by atoms with E-state index in [1.54, 1.807) is 12.1 Å². The number of nitrogens with zero attached hydrogens (tertiary/aromatic N) is 1. The molecule has 0 saturated heterocycles. The van der Waals surface area contributed by atoms with Crippen molar-refractivity contribution in [3.05, 3.63) is 271 Å². The summed E-state index contributed by atoms with van der Waals surface area (Å²) in [7, 11) is 0. The average Bonchev–Trinajstić information content (AvgIpc) is 3.68. The van der Waals surface area contributed by atoms with Gasteiger partial charge in [0.2, 0.25) is 0 Å². The van der Waals surface area contributed by atoms with E-state index in [1.165, 1.54) is 4.90 Å². The molecule has 0 spiro atoms. The lowest BCUT2D eigenvalue weighted by molar-refractivity contribution is 0.768. The van der Waals surface area contributed by atoms with Crippen LogP contribution in [-0.4, -0.2) is 0 Å². The number of hydrogen-bond acceptors (Lipinski definition) is 1. The van der Waals surface area contributed by atoms with Crippen molar-refractivity contribution in [1.29, 1.82) is 0 Å². The Hall–Kier alpha value is -7.74. The maximum Gasteiger partial charge on any atom is 0.0714 e. The van der Waals surface area contributed by atoms with E-state index in [2.05, 4.69) is 36.4 Å². The molecule has 0 fully saturated rings. The third kappa shape index (κ3) is 5.94. The molecule has 0 unspecified atom stereocenters. The smallest absolute Gasteiger partial charge is 0.0714 e. The van der Waals surface area contributed by atoms with Crippen LogP contribution in [0.2, 0.25) is 0 Å². The van der Waals surface area contributed by atoms with Gasteiger partial charge >= 0.3 is 0 Å². The first kappa shape index (κ1) is 27.8. The van der Waals surface area contributed by atoms with Crippen LogP contribution in [0, 0.1) is 0 Å². The Morgan fingerprint density at radius 3 is 1.70 bits per heavy atom. The van der Waals surface area contributed by atoms with Gasteiger partial charge in [-0.25, -0.2) is 0 Å². The highest BCUT2D eigenvalue weighted by molar-refractivity contribution is 5.98. The van der Waals surface area contributed by atoms with Gasteiger partial charge in [0, 0.05) is 17.1 Å². The molecule has 0 amide bonds. The lowest BCUT2D eigenvalue weighted by Crippen LogP contribution is -2.28. The van der Waals surface area contributed by atoms with Crippen LogP contribution in [-0.2, 0) is 5.41 Å². The van der Waals surface area contributed by atoms with E-state index < -0.39 is 17.5 Å². The Balaban J connectivity index is 1.23. The van der Waals surface area contributed by atoms with Crippen molar-refractivity contribution in [1.82, 2.24) is 0 Å². The van der Waals surface area contributed by atoms with Crippen LogP contribution in [0.1, 0.15) is 33.2 Å². The molecule has 0 heterocycles. The van der Waals surface area contributed by atoms with E-state index in [-0.39, 0.29) is 58.8 Å². The molecule has 282 valence electrons. The van der Waals surface area contributed by atoms with Gasteiger partial charge in [0.15, 0.2) is 0 Å². The van der Waals surface area contributed by atoms with Gasteiger partial charge in [-0.05, 0) is 120 Å². The molecule has 0 aliphatic heterocycles. The predicted molar refractivity (Wildman–Crippen MR) is 252 cm³/mol. The Morgan fingerprint density at radius 2 is 0.933 bits per heavy atom. The van der Waals surface area contributed by atoms with Crippen molar-refractivity contribution in [2.24, 2.45) is 0 Å². The molecular formula is C59H41N. The standard InChI is InChI=1S/C59H41N/c1-4-17-42(18-5-1)45-21-14-22-46(39-45)43-33-35-50(36-34-43)60(51-28-15-23-47(40-51)54-31-16-20-44-19-10-11-29-53(44)54)52-37-38-56-55-30-12-13-32-57(55)59(58(56)41-52,48-24-6-2-7-25-48)49-26-8-3-9-27-49/h1-41H/i15D,23D,28D,33D,34D,35D,36D,40D. The van der Waals surface area contributed by atoms with Gasteiger partial charge < -0.3 is 4.90 Å². The number of rotatable bonds is 8. The first-order chi connectivity index (χ1) is 33.1. The molecule has 0 bridgehead atoms. The second-order valence-electron chi connectivity index (χ2n) is 15.0. The molecular weight excluding hydrogens is 723 g/mol. The second-order valence-corrected chi connectivity index (χ2v) is 15.0. The van der Waals surface area contributed by atoms with Crippen LogP contribution in [0.3, 0.4) is 0 Å². The quantitative estimate of drug-likeness (QED) is 0.149. The van der Waals surface area contributed by atoms with Gasteiger partial charge in [-0.1, -0.05) is 206 Å². The molecule has 0 aromatic heterocycles. The van der Waals surface area contributed by atoms with Crippen LogP contribution in [0.15, 0.2) is 249 Å². The van der Waals surface area contributed by atoms with Gasteiger partial charge in [-0.15, -0.1) is 0 Å². The third-order valence-electron chi connectivity index (χ3n) is 11.7. The molecule has 1 heteroatoms. The van der Waals surface area contributed by atoms with Crippen LogP contribution in [0.4, 0.5) is 17.1 Å². The Bertz CT molecular complexity index is 3540. The number of hydrogen-bond donors (Lipinski definition) is 0. The SMILES string of the molecule is [2H]c1c([2H])c(-c2cccc3ccccc23)c([2H])c(N(c2ccc3c(c2)C(c2ccccc2)(c2ccccc2)c2ccccc2-3)c2c([2H])c([2H])c(-c3cccc(-c4ccccc4)c3)c([2H])c2[2H])c1[2H]. The summed E-state index contributed by atoms with van der Waals surface area (Å²) in [6.45, 7) is 0. The van der Waals surface area contributed by atoms with Crippen molar-refractivity contribution < 1.29 is 11.0 Å². The van der Waals surface area contributed by atoms with Crippen molar-refractivity contribution in [3.63, 3.8) is 0 Å². The van der Waals surface area contributed by atoms with E-state index in [9.17, 15) is 11.0 Å². The van der Waals surface area contributed by atoms with E-state index in [1.807, 2.05) is 152 Å². The van der Waals surface area contributed by atoms with E-state index in [0.29, 0.717) is 16.8 Å². The number of anilines is 3. The van der Waals surface area contributed by atoms with Gasteiger partial charge in [-0.2, -0.15) is 0 Å². The van der Waals surface area contributed by atoms with Crippen molar-refractivity contribution >= 4 is 27.8 Å². The summed E-state index contributed by atoms with van der Waals surface area (Å²) in [6, 6.07) is 62.1. The molecule has 11 rings (SSSR count). The highest BCUT2D eigenvalue weighted by Gasteiger charge is 2.46. The summed E-state index contributed by atoms with van der Waals surface area (Å²) in [6.07, 6.45) is 0. The average molecular weight is 772 g/mol. The molecule has 1 nitrogen and oxygen atoms in total. The zero-order valence-corrected chi connectivity index (χ0v) is 32.5. The van der Waals surface area contributed by atoms with Gasteiger partial charge in [0.05, 0.1) is 16.4 Å². The van der Waals surface area contributed by atoms with Crippen LogP contribution in [0.25, 0.3) is 55.3 Å². The molecule has 0 N–H and O–H groups in total. The van der Waals surface area contributed by atoms with Crippen molar-refractivity contribution in [3.8, 4) is 44.5 Å². The Labute approximate surface area is 363 Å². The molecule has 60 heavy (non-hydrogen) atoms. The fourth-order valence-corrected chi connectivity index (χ4v) is 9.01. The first-order valence-corrected chi connectivity index (χ1v) is 20.1. The molecule has 10 aromatic rings. The predicted octanol–water partition coefficient (Wildman–Crippen LogP) is 15.7. The molecule has 10 aromatic carbocycles. The highest BCUT2D eigenvalue weighted by atomic mass is 15.1. The minimum Gasteiger partial charge on any atom is -0.310 e. The summed E-state index contributed by atoms with van der Waals surface area (Å²) in [5, 5.41) is 1.62. The highest BCUT2D eigenvalue weighted by Crippen LogP contribution is 2.57. The Kier molecular flexibility index (Phi) is 6.90. The molecule has 0 radical (unpaired) electrons. The van der Waals surface area contributed by atoms with Crippen LogP contribution in [0.5, 0.6) is 0 Å². The lowest BCUT2D eigenvalue weighted by atomic mass is 9.67. The fraction of sp³-hybridized carbons (Fsp3) is 0.0169. The summed E-state index contributed by atoms with van der Waals surface area (Å²) in [4.78, 5) is 1.46. The van der Waals surface area contributed by atoms with E-state index in [4.69, 9.17) is 0 Å². The third-order valence-corrected chi connectivity index (χ3v) is 11.7. The second kappa shape index (κ2) is 14.9.